The first kappa shape index (κ1) is 16.0. The summed E-state index contributed by atoms with van der Waals surface area (Å²) in [6.07, 6.45) is 9.34. The van der Waals surface area contributed by atoms with E-state index in [1.54, 1.807) is 22.1 Å². The molecule has 0 fully saturated rings. The molecule has 6 heteroatoms. The molecule has 0 saturated heterocycles. The maximum Gasteiger partial charge on any atom is 0.260 e. The molecule has 1 aromatic carbocycles. The molecule has 0 aliphatic heterocycles. The van der Waals surface area contributed by atoms with E-state index in [1.165, 1.54) is 4.88 Å². The van der Waals surface area contributed by atoms with Crippen LogP contribution in [0, 0.1) is 6.92 Å². The third kappa shape index (κ3) is 2.74. The van der Waals surface area contributed by atoms with Gasteiger partial charge in [-0.25, -0.2) is 4.98 Å². The van der Waals surface area contributed by atoms with Crippen molar-refractivity contribution in [3.63, 3.8) is 0 Å². The van der Waals surface area contributed by atoms with Crippen molar-refractivity contribution in [2.45, 2.75) is 13.5 Å². The van der Waals surface area contributed by atoms with Crippen molar-refractivity contribution < 1.29 is 0 Å². The molecule has 4 heterocycles. The number of hydrogen-bond acceptors (Lipinski definition) is 4. The van der Waals surface area contributed by atoms with Crippen molar-refractivity contribution in [2.75, 3.05) is 0 Å². The summed E-state index contributed by atoms with van der Waals surface area (Å²) in [5.74, 6) is 0. The second kappa shape index (κ2) is 6.17. The Morgan fingerprint density at radius 1 is 1.04 bits per heavy atom. The Kier molecular flexibility index (Phi) is 3.65. The maximum absolute atomic E-state index is 13.0. The highest BCUT2D eigenvalue weighted by Gasteiger charge is 2.11. The van der Waals surface area contributed by atoms with Gasteiger partial charge in [0.15, 0.2) is 4.96 Å². The molecule has 5 rings (SSSR count). The van der Waals surface area contributed by atoms with E-state index in [4.69, 9.17) is 0 Å². The van der Waals surface area contributed by atoms with Crippen molar-refractivity contribution >= 4 is 27.1 Å². The predicted molar refractivity (Wildman–Crippen MR) is 108 cm³/mol. The van der Waals surface area contributed by atoms with E-state index in [-0.39, 0.29) is 5.56 Å². The number of benzene rings is 1. The third-order valence-electron chi connectivity index (χ3n) is 4.64. The molecule has 0 radical (unpaired) electrons. The Labute approximate surface area is 159 Å². The monoisotopic (exact) mass is 372 g/mol. The summed E-state index contributed by atoms with van der Waals surface area (Å²) in [6.45, 7) is 2.50. The maximum atomic E-state index is 13.0. The van der Waals surface area contributed by atoms with E-state index >= 15 is 0 Å². The molecule has 0 saturated carbocycles. The molecular formula is C21H16N4OS. The van der Waals surface area contributed by atoms with Gasteiger partial charge in [-0.2, -0.15) is 0 Å². The smallest absolute Gasteiger partial charge is 0.260 e. The Morgan fingerprint density at radius 3 is 2.70 bits per heavy atom. The van der Waals surface area contributed by atoms with Crippen LogP contribution in [0.15, 0.2) is 72.2 Å². The number of rotatable bonds is 3. The zero-order valence-electron chi connectivity index (χ0n) is 14.7. The second-order valence-electron chi connectivity index (χ2n) is 6.53. The summed E-state index contributed by atoms with van der Waals surface area (Å²) < 4.78 is 3.70. The number of nitrogens with zero attached hydrogens (tertiary/aromatic N) is 4. The molecule has 0 atom stereocenters. The number of imidazole rings is 1. The van der Waals surface area contributed by atoms with Gasteiger partial charge in [0.2, 0.25) is 0 Å². The lowest BCUT2D eigenvalue weighted by molar-refractivity contribution is 0.752. The highest BCUT2D eigenvalue weighted by atomic mass is 32.1. The molecule has 0 aliphatic carbocycles. The lowest BCUT2D eigenvalue weighted by Gasteiger charge is -2.09. The molecule has 5 nitrogen and oxygen atoms in total. The third-order valence-corrected chi connectivity index (χ3v) is 5.55. The molecule has 0 unspecified atom stereocenters. The minimum atomic E-state index is -0.0506. The van der Waals surface area contributed by atoms with Gasteiger partial charge < -0.3 is 4.57 Å². The molecule has 0 spiro atoms. The standard InChI is InChI=1S/C21H16N4OS/c1-14-11-25-13-16(23-21(25)27-14)12-24-8-7-17-18(15-5-3-2-4-6-15)9-22-10-19(17)20(24)26/h2-11,13H,12H2,1H3. The second-order valence-corrected chi connectivity index (χ2v) is 7.74. The Balaban J connectivity index is 1.59. The summed E-state index contributed by atoms with van der Waals surface area (Å²) in [6, 6.07) is 12.0. The number of thiazole rings is 1. The zero-order chi connectivity index (χ0) is 18.4. The minimum absolute atomic E-state index is 0.0506. The summed E-state index contributed by atoms with van der Waals surface area (Å²) in [5, 5.41) is 1.54. The predicted octanol–water partition coefficient (Wildman–Crippen LogP) is 4.13. The molecule has 5 aromatic rings. The van der Waals surface area contributed by atoms with Crippen LogP contribution in [0.4, 0.5) is 0 Å². The summed E-state index contributed by atoms with van der Waals surface area (Å²) >= 11 is 1.64. The number of aromatic nitrogens is 4. The minimum Gasteiger partial charge on any atom is -0.309 e. The highest BCUT2D eigenvalue weighted by molar-refractivity contribution is 7.16. The first-order valence-electron chi connectivity index (χ1n) is 8.65. The van der Waals surface area contributed by atoms with Crippen molar-refractivity contribution in [2.24, 2.45) is 0 Å². The van der Waals surface area contributed by atoms with Crippen LogP contribution in [0.1, 0.15) is 10.6 Å². The van der Waals surface area contributed by atoms with Crippen LogP contribution < -0.4 is 5.56 Å². The van der Waals surface area contributed by atoms with Gasteiger partial charge in [-0.15, -0.1) is 11.3 Å². The molecule has 0 aliphatic rings. The quantitative estimate of drug-likeness (QED) is 0.478. The van der Waals surface area contributed by atoms with Crippen LogP contribution in [0.5, 0.6) is 0 Å². The molecule has 132 valence electrons. The van der Waals surface area contributed by atoms with Crippen LogP contribution in [0.25, 0.3) is 26.9 Å². The molecule has 4 aromatic heterocycles. The van der Waals surface area contributed by atoms with E-state index < -0.39 is 0 Å². The van der Waals surface area contributed by atoms with E-state index in [0.717, 1.165) is 27.2 Å². The fourth-order valence-electron chi connectivity index (χ4n) is 3.39. The normalized spacial score (nSPS) is 11.4. The van der Waals surface area contributed by atoms with Gasteiger partial charge in [-0.1, -0.05) is 30.3 Å². The van der Waals surface area contributed by atoms with Crippen LogP contribution in [-0.4, -0.2) is 18.9 Å². The number of aryl methyl sites for hydroxylation is 1. The average Bonchev–Trinajstić information content (AvgIpc) is 3.21. The molecular weight excluding hydrogens is 356 g/mol. The van der Waals surface area contributed by atoms with E-state index in [0.29, 0.717) is 11.9 Å². The Hall–Kier alpha value is -3.25. The van der Waals surface area contributed by atoms with Crippen LogP contribution in [0.3, 0.4) is 0 Å². The molecule has 0 N–H and O–H groups in total. The molecule has 0 amide bonds. The summed E-state index contributed by atoms with van der Waals surface area (Å²) in [4.78, 5) is 24.1. The topological polar surface area (TPSA) is 52.2 Å². The first-order chi connectivity index (χ1) is 13.2. The SMILES string of the molecule is Cc1cn2cc(Cn3ccc4c(-c5ccccc5)cncc4c3=O)nc2s1. The average molecular weight is 372 g/mol. The fraction of sp³-hybridized carbons (Fsp3) is 0.0952. The van der Waals surface area contributed by atoms with Gasteiger partial charge in [0.1, 0.15) is 0 Å². The summed E-state index contributed by atoms with van der Waals surface area (Å²) in [7, 11) is 0. The number of fused-ring (bicyclic) bond motifs is 2. The first-order valence-corrected chi connectivity index (χ1v) is 9.47. The number of pyridine rings is 2. The van der Waals surface area contributed by atoms with Crippen molar-refractivity contribution in [3.8, 4) is 11.1 Å². The van der Waals surface area contributed by atoms with E-state index in [9.17, 15) is 4.79 Å². The van der Waals surface area contributed by atoms with Gasteiger partial charge in [0.25, 0.3) is 5.56 Å². The van der Waals surface area contributed by atoms with Gasteiger partial charge in [0.05, 0.1) is 17.6 Å². The zero-order valence-corrected chi connectivity index (χ0v) is 15.5. The van der Waals surface area contributed by atoms with Gasteiger partial charge in [0, 0.05) is 41.4 Å². The van der Waals surface area contributed by atoms with Gasteiger partial charge in [-0.3, -0.25) is 14.2 Å². The van der Waals surface area contributed by atoms with Crippen molar-refractivity contribution in [1.82, 2.24) is 18.9 Å². The van der Waals surface area contributed by atoms with Crippen LogP contribution in [-0.2, 0) is 6.54 Å². The largest absolute Gasteiger partial charge is 0.309 e. The van der Waals surface area contributed by atoms with Gasteiger partial charge >= 0.3 is 0 Å². The lowest BCUT2D eigenvalue weighted by atomic mass is 10.0. The highest BCUT2D eigenvalue weighted by Crippen LogP contribution is 2.26. The lowest BCUT2D eigenvalue weighted by Crippen LogP contribution is -2.20. The van der Waals surface area contributed by atoms with E-state index in [1.807, 2.05) is 59.4 Å². The Bertz CT molecular complexity index is 1300. The van der Waals surface area contributed by atoms with Crippen molar-refractivity contribution in [1.29, 1.82) is 0 Å². The fourth-order valence-corrected chi connectivity index (χ4v) is 4.22. The van der Waals surface area contributed by atoms with Crippen LogP contribution >= 0.6 is 11.3 Å². The summed E-state index contributed by atoms with van der Waals surface area (Å²) in [5.41, 5.74) is 2.84. The van der Waals surface area contributed by atoms with Crippen LogP contribution in [0.2, 0.25) is 0 Å². The van der Waals surface area contributed by atoms with Gasteiger partial charge in [-0.05, 0) is 23.9 Å². The van der Waals surface area contributed by atoms with E-state index in [2.05, 4.69) is 23.1 Å². The Morgan fingerprint density at radius 2 is 1.89 bits per heavy atom. The van der Waals surface area contributed by atoms with Crippen molar-refractivity contribution in [3.05, 3.63) is 88.3 Å². The number of hydrogen-bond donors (Lipinski definition) is 0. The molecule has 0 bridgehead atoms. The molecule has 27 heavy (non-hydrogen) atoms.